The van der Waals surface area contributed by atoms with Crippen molar-refractivity contribution >= 4 is 0 Å². The summed E-state index contributed by atoms with van der Waals surface area (Å²) in [5, 5.41) is 0. The van der Waals surface area contributed by atoms with Crippen molar-refractivity contribution in [2.24, 2.45) is 5.73 Å². The van der Waals surface area contributed by atoms with E-state index < -0.39 is 11.8 Å². The highest BCUT2D eigenvalue weighted by atomic mass is 19.2. The minimum absolute atomic E-state index is 0.525. The first kappa shape index (κ1) is 14.0. The first-order valence-corrected chi connectivity index (χ1v) is 5.12. The van der Waals surface area contributed by atoms with E-state index in [9.17, 15) is 8.78 Å². The van der Waals surface area contributed by atoms with Crippen LogP contribution in [0.1, 0.15) is 5.56 Å². The largest absolute Gasteiger partial charge is 0.481 e. The average Bonchev–Trinajstić information content (AvgIpc) is 2.43. The lowest BCUT2D eigenvalue weighted by Crippen LogP contribution is -1.97. The second-order valence-corrected chi connectivity index (χ2v) is 3.19. The number of hydrogen-bond donors (Lipinski definition) is 1. The second-order valence-electron chi connectivity index (χ2n) is 3.19. The first-order chi connectivity index (χ1) is 8.67. The molecule has 0 aromatic carbocycles. The van der Waals surface area contributed by atoms with E-state index in [4.69, 9.17) is 10.5 Å². The highest BCUT2D eigenvalue weighted by Gasteiger charge is 1.95. The molecule has 0 aliphatic rings. The van der Waals surface area contributed by atoms with Crippen LogP contribution in [0.3, 0.4) is 0 Å². The summed E-state index contributed by atoms with van der Waals surface area (Å²) in [6.45, 7) is 0.525. The molecule has 0 fully saturated rings. The van der Waals surface area contributed by atoms with Gasteiger partial charge < -0.3 is 10.5 Å². The number of pyridine rings is 2. The monoisotopic (exact) mass is 253 g/mol. The maximum Gasteiger partial charge on any atom is 0.248 e. The Kier molecular flexibility index (Phi) is 5.66. The van der Waals surface area contributed by atoms with E-state index >= 15 is 0 Å². The SMILES string of the molecule is COc1ccc(CN)cn1.Fc1cccnc1F. The van der Waals surface area contributed by atoms with Crippen LogP contribution in [0.5, 0.6) is 5.88 Å². The fourth-order valence-corrected chi connectivity index (χ4v) is 1.02. The van der Waals surface area contributed by atoms with Crippen molar-refractivity contribution in [2.45, 2.75) is 6.54 Å². The highest BCUT2D eigenvalue weighted by Crippen LogP contribution is 2.05. The number of halogens is 2. The van der Waals surface area contributed by atoms with Gasteiger partial charge in [0.1, 0.15) is 0 Å². The van der Waals surface area contributed by atoms with Crippen molar-refractivity contribution in [2.75, 3.05) is 7.11 Å². The lowest BCUT2D eigenvalue weighted by atomic mass is 10.3. The van der Waals surface area contributed by atoms with Crippen molar-refractivity contribution < 1.29 is 13.5 Å². The third kappa shape index (κ3) is 4.42. The van der Waals surface area contributed by atoms with Crippen LogP contribution in [0.25, 0.3) is 0 Å². The van der Waals surface area contributed by atoms with Crippen LogP contribution in [0.15, 0.2) is 36.7 Å². The summed E-state index contributed by atoms with van der Waals surface area (Å²) in [6, 6.07) is 6.04. The van der Waals surface area contributed by atoms with Crippen LogP contribution < -0.4 is 10.5 Å². The Hall–Kier alpha value is -2.08. The number of methoxy groups -OCH3 is 1. The molecule has 2 heterocycles. The number of rotatable bonds is 2. The zero-order valence-electron chi connectivity index (χ0n) is 9.81. The zero-order valence-corrected chi connectivity index (χ0v) is 9.81. The second kappa shape index (κ2) is 7.29. The van der Waals surface area contributed by atoms with Crippen molar-refractivity contribution in [3.63, 3.8) is 0 Å². The van der Waals surface area contributed by atoms with Gasteiger partial charge in [0.2, 0.25) is 11.8 Å². The van der Waals surface area contributed by atoms with Gasteiger partial charge in [-0.1, -0.05) is 6.07 Å². The Balaban J connectivity index is 0.000000184. The van der Waals surface area contributed by atoms with Crippen molar-refractivity contribution in [1.82, 2.24) is 9.97 Å². The van der Waals surface area contributed by atoms with E-state index in [0.717, 1.165) is 11.6 Å². The van der Waals surface area contributed by atoms with E-state index in [1.807, 2.05) is 6.07 Å². The summed E-state index contributed by atoms with van der Waals surface area (Å²) in [7, 11) is 1.59. The molecule has 0 atom stereocenters. The molecule has 0 radical (unpaired) electrons. The Labute approximate surface area is 103 Å². The zero-order chi connectivity index (χ0) is 13.4. The molecule has 0 bridgehead atoms. The number of nitrogens with two attached hydrogens (primary N) is 1. The van der Waals surface area contributed by atoms with E-state index in [1.165, 1.54) is 12.3 Å². The number of aromatic nitrogens is 2. The third-order valence-electron chi connectivity index (χ3n) is 1.96. The summed E-state index contributed by atoms with van der Waals surface area (Å²) in [5.41, 5.74) is 6.38. The fraction of sp³-hybridized carbons (Fsp3) is 0.167. The molecule has 0 saturated carbocycles. The van der Waals surface area contributed by atoms with Crippen LogP contribution in [-0.2, 0) is 6.54 Å². The van der Waals surface area contributed by atoms with Gasteiger partial charge in [0.15, 0.2) is 5.82 Å². The molecule has 2 aromatic rings. The highest BCUT2D eigenvalue weighted by molar-refractivity contribution is 5.17. The molecule has 2 N–H and O–H groups in total. The molecule has 6 heteroatoms. The Morgan fingerprint density at radius 3 is 2.39 bits per heavy atom. The third-order valence-corrected chi connectivity index (χ3v) is 1.96. The molecular weight excluding hydrogens is 240 g/mol. The van der Waals surface area contributed by atoms with Gasteiger partial charge in [0, 0.05) is 25.0 Å². The molecule has 0 aliphatic carbocycles. The van der Waals surface area contributed by atoms with Crippen LogP contribution in [0.2, 0.25) is 0 Å². The molecular formula is C12H13F2N3O. The molecule has 0 aliphatic heterocycles. The van der Waals surface area contributed by atoms with Gasteiger partial charge in [0.25, 0.3) is 0 Å². The molecule has 96 valence electrons. The lowest BCUT2D eigenvalue weighted by molar-refractivity contribution is 0.397. The molecule has 2 aromatic heterocycles. The topological polar surface area (TPSA) is 61.0 Å². The standard InChI is InChI=1S/C7H10N2O.C5H3F2N/c1-10-7-3-2-6(4-8)5-9-7;6-4-2-1-3-8-5(4)7/h2-3,5H,4,8H2,1H3;1-3H. The average molecular weight is 253 g/mol. The van der Waals surface area contributed by atoms with Gasteiger partial charge in [-0.15, -0.1) is 0 Å². The first-order valence-electron chi connectivity index (χ1n) is 5.12. The normalized spacial score (nSPS) is 9.33. The number of hydrogen-bond acceptors (Lipinski definition) is 4. The molecule has 18 heavy (non-hydrogen) atoms. The molecule has 2 rings (SSSR count). The van der Waals surface area contributed by atoms with Gasteiger partial charge in [-0.05, 0) is 17.7 Å². The van der Waals surface area contributed by atoms with Crippen molar-refractivity contribution in [3.05, 3.63) is 54.0 Å². The van der Waals surface area contributed by atoms with Gasteiger partial charge in [-0.2, -0.15) is 4.39 Å². The maximum absolute atomic E-state index is 11.9. The predicted octanol–water partition coefficient (Wildman–Crippen LogP) is 1.91. The van der Waals surface area contributed by atoms with E-state index in [0.29, 0.717) is 12.4 Å². The van der Waals surface area contributed by atoms with E-state index in [-0.39, 0.29) is 0 Å². The summed E-state index contributed by atoms with van der Waals surface area (Å²) in [6.07, 6.45) is 2.90. The minimum Gasteiger partial charge on any atom is -0.481 e. The summed E-state index contributed by atoms with van der Waals surface area (Å²) in [4.78, 5) is 7.00. The molecule has 0 saturated heterocycles. The summed E-state index contributed by atoms with van der Waals surface area (Å²) in [5.74, 6) is -1.34. The van der Waals surface area contributed by atoms with Crippen molar-refractivity contribution in [1.29, 1.82) is 0 Å². The Morgan fingerprint density at radius 2 is 2.00 bits per heavy atom. The minimum atomic E-state index is -1.05. The molecule has 4 nitrogen and oxygen atoms in total. The van der Waals surface area contributed by atoms with Crippen LogP contribution in [-0.4, -0.2) is 17.1 Å². The van der Waals surface area contributed by atoms with E-state index in [1.54, 1.807) is 19.4 Å². The van der Waals surface area contributed by atoms with Gasteiger partial charge in [-0.25, -0.2) is 14.4 Å². The molecule has 0 amide bonds. The number of ether oxygens (including phenoxy) is 1. The Morgan fingerprint density at radius 1 is 1.22 bits per heavy atom. The number of nitrogens with zero attached hydrogens (tertiary/aromatic N) is 2. The van der Waals surface area contributed by atoms with Gasteiger partial charge >= 0.3 is 0 Å². The lowest BCUT2D eigenvalue weighted by Gasteiger charge is -1.98. The smallest absolute Gasteiger partial charge is 0.248 e. The van der Waals surface area contributed by atoms with E-state index in [2.05, 4.69) is 9.97 Å². The molecule has 0 unspecified atom stereocenters. The van der Waals surface area contributed by atoms with Crippen LogP contribution in [0, 0.1) is 11.8 Å². The van der Waals surface area contributed by atoms with Gasteiger partial charge in [-0.3, -0.25) is 0 Å². The summed E-state index contributed by atoms with van der Waals surface area (Å²) >= 11 is 0. The van der Waals surface area contributed by atoms with Crippen LogP contribution in [0.4, 0.5) is 8.78 Å². The quantitative estimate of drug-likeness (QED) is 0.830. The summed E-state index contributed by atoms with van der Waals surface area (Å²) < 4.78 is 28.6. The van der Waals surface area contributed by atoms with Gasteiger partial charge in [0.05, 0.1) is 7.11 Å². The Bertz CT molecular complexity index is 433. The van der Waals surface area contributed by atoms with Crippen molar-refractivity contribution in [3.8, 4) is 5.88 Å². The maximum atomic E-state index is 11.9. The molecule has 0 spiro atoms. The predicted molar refractivity (Wildman–Crippen MR) is 62.8 cm³/mol. The fourth-order valence-electron chi connectivity index (χ4n) is 1.02. The van der Waals surface area contributed by atoms with Crippen LogP contribution >= 0.6 is 0 Å².